The van der Waals surface area contributed by atoms with Gasteiger partial charge in [-0.25, -0.2) is 4.98 Å². The summed E-state index contributed by atoms with van der Waals surface area (Å²) >= 11 is 1.63. The molecular formula is C14H18N2OS. The van der Waals surface area contributed by atoms with E-state index in [1.807, 2.05) is 19.2 Å². The maximum absolute atomic E-state index is 5.27. The van der Waals surface area contributed by atoms with Gasteiger partial charge in [-0.2, -0.15) is 0 Å². The number of nitrogens with one attached hydrogen (secondary N) is 1. The van der Waals surface area contributed by atoms with Gasteiger partial charge in [-0.1, -0.05) is 31.7 Å². The summed E-state index contributed by atoms with van der Waals surface area (Å²) in [6.07, 6.45) is 3.63. The van der Waals surface area contributed by atoms with Crippen LogP contribution in [-0.4, -0.2) is 11.0 Å². The maximum Gasteiger partial charge on any atom is 0.114 e. The number of hydrogen-bond donors (Lipinski definition) is 1. The van der Waals surface area contributed by atoms with Crippen molar-refractivity contribution < 1.29 is 4.42 Å². The van der Waals surface area contributed by atoms with Gasteiger partial charge in [0.05, 0.1) is 11.2 Å². The van der Waals surface area contributed by atoms with Crippen LogP contribution in [0.5, 0.6) is 0 Å². The summed E-state index contributed by atoms with van der Waals surface area (Å²) in [5.41, 5.74) is 1.21. The Kier molecular flexibility index (Phi) is 4.44. The molecular weight excluding hydrogens is 244 g/mol. The molecule has 96 valence electrons. The van der Waals surface area contributed by atoms with Crippen molar-refractivity contribution in [3.8, 4) is 0 Å². The van der Waals surface area contributed by atoms with Gasteiger partial charge >= 0.3 is 0 Å². The Balaban J connectivity index is 1.97. The number of pyridine rings is 1. The second-order valence-corrected chi connectivity index (χ2v) is 5.55. The Morgan fingerprint density at radius 3 is 2.72 bits per heavy atom. The summed E-state index contributed by atoms with van der Waals surface area (Å²) in [7, 11) is 0. The Morgan fingerprint density at radius 1 is 1.33 bits per heavy atom. The van der Waals surface area contributed by atoms with Crippen LogP contribution in [0.4, 0.5) is 0 Å². The third kappa shape index (κ3) is 3.62. The average Bonchev–Trinajstić information content (AvgIpc) is 2.74. The zero-order chi connectivity index (χ0) is 13.0. The van der Waals surface area contributed by atoms with E-state index in [0.29, 0.717) is 6.04 Å². The molecule has 2 aromatic heterocycles. The van der Waals surface area contributed by atoms with E-state index in [1.54, 1.807) is 18.0 Å². The molecule has 0 amide bonds. The second kappa shape index (κ2) is 6.07. The van der Waals surface area contributed by atoms with Gasteiger partial charge in [0.15, 0.2) is 0 Å². The highest BCUT2D eigenvalue weighted by Crippen LogP contribution is 2.29. The lowest BCUT2D eigenvalue weighted by Gasteiger charge is -2.08. The van der Waals surface area contributed by atoms with Gasteiger partial charge in [-0.05, 0) is 24.6 Å². The minimum absolute atomic E-state index is 0.493. The first-order chi connectivity index (χ1) is 8.65. The van der Waals surface area contributed by atoms with Gasteiger partial charge in [0.2, 0.25) is 0 Å². The number of rotatable bonds is 5. The molecule has 18 heavy (non-hydrogen) atoms. The van der Waals surface area contributed by atoms with Crippen molar-refractivity contribution in [2.45, 2.75) is 43.3 Å². The predicted molar refractivity (Wildman–Crippen MR) is 73.8 cm³/mol. The summed E-state index contributed by atoms with van der Waals surface area (Å²) in [5, 5.41) is 4.37. The van der Waals surface area contributed by atoms with Crippen LogP contribution in [-0.2, 0) is 6.54 Å². The monoisotopic (exact) mass is 262 g/mol. The van der Waals surface area contributed by atoms with Gasteiger partial charge in [0, 0.05) is 18.8 Å². The highest BCUT2D eigenvalue weighted by molar-refractivity contribution is 7.99. The van der Waals surface area contributed by atoms with Crippen LogP contribution in [0.25, 0.3) is 0 Å². The Hall–Kier alpha value is -1.26. The van der Waals surface area contributed by atoms with Crippen LogP contribution in [0.1, 0.15) is 25.2 Å². The third-order valence-electron chi connectivity index (χ3n) is 2.54. The number of hydrogen-bond acceptors (Lipinski definition) is 4. The molecule has 0 fully saturated rings. The highest BCUT2D eigenvalue weighted by atomic mass is 32.2. The summed E-state index contributed by atoms with van der Waals surface area (Å²) in [6, 6.07) is 6.62. The first kappa shape index (κ1) is 13.2. The Morgan fingerprint density at radius 2 is 2.17 bits per heavy atom. The van der Waals surface area contributed by atoms with Crippen molar-refractivity contribution in [3.63, 3.8) is 0 Å². The maximum atomic E-state index is 5.27. The summed E-state index contributed by atoms with van der Waals surface area (Å²) in [4.78, 5) is 5.57. The standard InChI is InChI=1S/C14H18N2OS/c1-10(2)15-8-12-4-5-14(16-9-12)18-13-6-7-17-11(13)3/h4-7,9-10,15H,8H2,1-3H3. The van der Waals surface area contributed by atoms with E-state index < -0.39 is 0 Å². The molecule has 0 aliphatic heterocycles. The fraction of sp³-hybridized carbons (Fsp3) is 0.357. The number of furan rings is 1. The van der Waals surface area contributed by atoms with Crippen LogP contribution in [0.15, 0.2) is 45.0 Å². The fourth-order valence-corrected chi connectivity index (χ4v) is 2.27. The molecule has 0 atom stereocenters. The lowest BCUT2D eigenvalue weighted by Crippen LogP contribution is -2.21. The van der Waals surface area contributed by atoms with Crippen molar-refractivity contribution >= 4 is 11.8 Å². The fourth-order valence-electron chi connectivity index (χ4n) is 1.49. The first-order valence-electron chi connectivity index (χ1n) is 6.05. The Bertz CT molecular complexity index is 491. The van der Waals surface area contributed by atoms with Crippen molar-refractivity contribution in [2.75, 3.05) is 0 Å². The number of nitrogens with zero attached hydrogens (tertiary/aromatic N) is 1. The molecule has 0 aliphatic carbocycles. The molecule has 0 bridgehead atoms. The molecule has 0 saturated carbocycles. The van der Waals surface area contributed by atoms with Crippen molar-refractivity contribution in [1.29, 1.82) is 0 Å². The van der Waals surface area contributed by atoms with Gasteiger partial charge < -0.3 is 9.73 Å². The third-order valence-corrected chi connectivity index (χ3v) is 3.63. The van der Waals surface area contributed by atoms with E-state index in [9.17, 15) is 0 Å². The molecule has 0 radical (unpaired) electrons. The molecule has 2 heterocycles. The van der Waals surface area contributed by atoms with E-state index in [0.717, 1.165) is 22.2 Å². The van der Waals surface area contributed by atoms with Gasteiger partial charge in [-0.3, -0.25) is 0 Å². The number of aromatic nitrogens is 1. The molecule has 2 aromatic rings. The van der Waals surface area contributed by atoms with Crippen LogP contribution >= 0.6 is 11.8 Å². The van der Waals surface area contributed by atoms with Crippen molar-refractivity contribution in [1.82, 2.24) is 10.3 Å². The average molecular weight is 262 g/mol. The summed E-state index contributed by atoms with van der Waals surface area (Å²) < 4.78 is 5.27. The highest BCUT2D eigenvalue weighted by Gasteiger charge is 2.04. The van der Waals surface area contributed by atoms with E-state index in [1.165, 1.54) is 5.56 Å². The van der Waals surface area contributed by atoms with Crippen LogP contribution in [0.2, 0.25) is 0 Å². The molecule has 0 aromatic carbocycles. The van der Waals surface area contributed by atoms with E-state index in [-0.39, 0.29) is 0 Å². The molecule has 0 spiro atoms. The van der Waals surface area contributed by atoms with E-state index in [4.69, 9.17) is 4.42 Å². The first-order valence-corrected chi connectivity index (χ1v) is 6.87. The zero-order valence-corrected chi connectivity index (χ0v) is 11.8. The van der Waals surface area contributed by atoms with Crippen LogP contribution in [0.3, 0.4) is 0 Å². The number of aryl methyl sites for hydroxylation is 1. The summed E-state index contributed by atoms with van der Waals surface area (Å²) in [6.45, 7) is 7.10. The SMILES string of the molecule is Cc1occc1Sc1ccc(CNC(C)C)cn1. The largest absolute Gasteiger partial charge is 0.468 e. The normalized spacial score (nSPS) is 11.1. The molecule has 0 aliphatic rings. The molecule has 0 saturated heterocycles. The van der Waals surface area contributed by atoms with Gasteiger partial charge in [-0.15, -0.1) is 0 Å². The topological polar surface area (TPSA) is 38.1 Å². The smallest absolute Gasteiger partial charge is 0.114 e. The minimum Gasteiger partial charge on any atom is -0.468 e. The molecule has 0 unspecified atom stereocenters. The van der Waals surface area contributed by atoms with Crippen LogP contribution in [0, 0.1) is 6.92 Å². The van der Waals surface area contributed by atoms with Crippen molar-refractivity contribution in [2.24, 2.45) is 0 Å². The Labute approximate surface area is 112 Å². The molecule has 1 N–H and O–H groups in total. The molecule has 3 nitrogen and oxygen atoms in total. The lowest BCUT2D eigenvalue weighted by atomic mass is 10.2. The van der Waals surface area contributed by atoms with Crippen LogP contribution < -0.4 is 5.32 Å². The lowest BCUT2D eigenvalue weighted by molar-refractivity contribution is 0.527. The predicted octanol–water partition coefficient (Wildman–Crippen LogP) is 3.63. The molecule has 2 rings (SSSR count). The quantitative estimate of drug-likeness (QED) is 0.893. The second-order valence-electron chi connectivity index (χ2n) is 4.48. The van der Waals surface area contributed by atoms with Crippen molar-refractivity contribution in [3.05, 3.63) is 42.0 Å². The molecule has 4 heteroatoms. The van der Waals surface area contributed by atoms with E-state index in [2.05, 4.69) is 36.3 Å². The zero-order valence-electron chi connectivity index (χ0n) is 10.9. The van der Waals surface area contributed by atoms with Gasteiger partial charge in [0.25, 0.3) is 0 Å². The van der Waals surface area contributed by atoms with Gasteiger partial charge in [0.1, 0.15) is 10.8 Å². The summed E-state index contributed by atoms with van der Waals surface area (Å²) in [5.74, 6) is 0.937. The van der Waals surface area contributed by atoms with E-state index >= 15 is 0 Å². The minimum atomic E-state index is 0.493.